The zero-order valence-corrected chi connectivity index (χ0v) is 45.2. The molecule has 438 valence electrons. The maximum absolute atomic E-state index is 14.4. The molecule has 1 aromatic carbocycles. The third-order valence-corrected chi connectivity index (χ3v) is 14.8. The smallest absolute Gasteiger partial charge is 0.539 e. The van der Waals surface area contributed by atoms with Crippen molar-refractivity contribution in [1.82, 2.24) is 36.4 Å². The summed E-state index contributed by atoms with van der Waals surface area (Å²) in [6.45, 7) is 6.66. The summed E-state index contributed by atoms with van der Waals surface area (Å²) in [7, 11) is -3.37. The largest absolute Gasteiger partial charge is 0.558 e. The van der Waals surface area contributed by atoms with Crippen LogP contribution in [0.15, 0.2) is 24.3 Å². The molecule has 3 aliphatic rings. The van der Waals surface area contributed by atoms with E-state index in [0.29, 0.717) is 29.6 Å². The highest BCUT2D eigenvalue weighted by Gasteiger charge is 2.49. The first-order valence-electron chi connectivity index (χ1n) is 26.5. The Balaban J connectivity index is 1.71. The number of hydrogen-bond acceptors (Lipinski definition) is 19. The van der Waals surface area contributed by atoms with Gasteiger partial charge in [0.2, 0.25) is 47.3 Å². The van der Waals surface area contributed by atoms with Gasteiger partial charge in [-0.05, 0) is 60.3 Å². The molecule has 17 atom stereocenters. The van der Waals surface area contributed by atoms with Gasteiger partial charge in [-0.2, -0.15) is 0 Å². The number of nitrogens with zero attached hydrogens (tertiary/aromatic N) is 2. The molecule has 0 saturated carbocycles. The summed E-state index contributed by atoms with van der Waals surface area (Å²) in [5, 5.41) is 101. The molecule has 0 spiro atoms. The van der Waals surface area contributed by atoms with Crippen LogP contribution in [0.25, 0.3) is 0 Å². The van der Waals surface area contributed by atoms with Crippen LogP contribution in [0.4, 0.5) is 0 Å². The minimum atomic E-state index is -3.37. The number of carbonyl (C=O) groups excluding carboxylic acids is 8. The zero-order valence-electron chi connectivity index (χ0n) is 44.3. The van der Waals surface area contributed by atoms with E-state index in [9.17, 15) is 88.7 Å². The normalized spacial score (nSPS) is 28.5. The van der Waals surface area contributed by atoms with Gasteiger partial charge in [0.05, 0.1) is 30.8 Å². The Morgan fingerprint density at radius 3 is 1.99 bits per heavy atom. The number of fused-ring (bicyclic) bond motifs is 2. The van der Waals surface area contributed by atoms with E-state index in [-0.39, 0.29) is 24.2 Å². The van der Waals surface area contributed by atoms with Crippen LogP contribution in [-0.4, -0.2) is 190 Å². The topological polar surface area (TPSA) is 440 Å². The van der Waals surface area contributed by atoms with Crippen LogP contribution in [0.3, 0.4) is 0 Å². The van der Waals surface area contributed by atoms with Crippen molar-refractivity contribution >= 4 is 55.5 Å². The molecule has 0 aliphatic carbocycles. The van der Waals surface area contributed by atoms with Gasteiger partial charge in [-0.1, -0.05) is 77.8 Å². The first kappa shape index (κ1) is 65.0. The predicted octanol–water partition coefficient (Wildman–Crippen LogP) is -3.65. The summed E-state index contributed by atoms with van der Waals surface area (Å²) >= 11 is 0. The van der Waals surface area contributed by atoms with E-state index in [2.05, 4.69) is 46.6 Å². The lowest BCUT2D eigenvalue weighted by atomic mass is 9.91. The molecule has 28 heteroatoms. The highest BCUT2D eigenvalue weighted by molar-refractivity contribution is 7.31. The van der Waals surface area contributed by atoms with Gasteiger partial charge in [0.15, 0.2) is 12.0 Å². The van der Waals surface area contributed by atoms with E-state index in [1.165, 1.54) is 6.42 Å². The number of aliphatic hydroxyl groups excluding tert-OH is 8. The van der Waals surface area contributed by atoms with Gasteiger partial charge < -0.3 is 87.9 Å². The lowest BCUT2D eigenvalue weighted by Crippen LogP contribution is -2.64. The van der Waals surface area contributed by atoms with Crippen LogP contribution >= 0.6 is 8.25 Å². The first-order chi connectivity index (χ1) is 36.7. The quantitative estimate of drug-likeness (QED) is 0.0393. The first-order valence-corrected chi connectivity index (χ1v) is 27.6. The number of rotatable bonds is 22. The van der Waals surface area contributed by atoms with Crippen LogP contribution < -0.4 is 41.7 Å². The Bertz CT molecular complexity index is 2230. The van der Waals surface area contributed by atoms with Gasteiger partial charge in [-0.3, -0.25) is 42.9 Å². The predicted molar refractivity (Wildman–Crippen MR) is 272 cm³/mol. The van der Waals surface area contributed by atoms with Gasteiger partial charge in [0.25, 0.3) is 0 Å². The van der Waals surface area contributed by atoms with Crippen molar-refractivity contribution in [2.75, 3.05) is 13.1 Å². The maximum Gasteiger partial charge on any atom is 0.539 e. The van der Waals surface area contributed by atoms with Crippen molar-refractivity contribution in [3.05, 3.63) is 29.8 Å². The van der Waals surface area contributed by atoms with Gasteiger partial charge in [-0.25, -0.2) is 0 Å². The Kier molecular flexibility index (Phi) is 25.7. The second kappa shape index (κ2) is 30.8. The van der Waals surface area contributed by atoms with E-state index in [4.69, 9.17) is 5.73 Å². The molecule has 3 fully saturated rings. The van der Waals surface area contributed by atoms with Crippen molar-refractivity contribution < 1.29 is 93.2 Å². The number of hydrogen-bond donors (Lipinski definition) is 14. The average Bonchev–Trinajstić information content (AvgIpc) is 3.97. The molecule has 3 heterocycles. The van der Waals surface area contributed by atoms with Gasteiger partial charge in [-0.15, -0.1) is 0 Å². The highest BCUT2D eigenvalue weighted by atomic mass is 31.1. The monoisotopic (exact) mass is 1130 g/mol. The van der Waals surface area contributed by atoms with Crippen molar-refractivity contribution in [3.63, 3.8) is 0 Å². The summed E-state index contributed by atoms with van der Waals surface area (Å²) in [5.41, 5.74) is 5.11. The highest BCUT2D eigenvalue weighted by Crippen LogP contribution is 2.28. The van der Waals surface area contributed by atoms with Gasteiger partial charge >= 0.3 is 8.25 Å². The Morgan fingerprint density at radius 1 is 0.769 bits per heavy atom. The minimum Gasteiger partial charge on any atom is -0.558 e. The van der Waals surface area contributed by atoms with E-state index in [1.807, 2.05) is 5.32 Å². The molecule has 1 aromatic rings. The molecule has 0 radical (unpaired) electrons. The molecule has 0 bridgehead atoms. The van der Waals surface area contributed by atoms with Crippen molar-refractivity contribution in [2.45, 2.75) is 203 Å². The van der Waals surface area contributed by atoms with Crippen molar-refractivity contribution in [2.24, 2.45) is 17.6 Å². The fourth-order valence-electron chi connectivity index (χ4n) is 9.93. The number of amides is 8. The van der Waals surface area contributed by atoms with E-state index >= 15 is 0 Å². The minimum absolute atomic E-state index is 0.0950. The van der Waals surface area contributed by atoms with E-state index in [1.54, 1.807) is 0 Å². The molecule has 78 heavy (non-hydrogen) atoms. The van der Waals surface area contributed by atoms with Crippen molar-refractivity contribution in [3.8, 4) is 5.75 Å². The van der Waals surface area contributed by atoms with Gasteiger partial charge in [0, 0.05) is 32.4 Å². The lowest BCUT2D eigenvalue weighted by Gasteiger charge is -2.34. The second-order valence-corrected chi connectivity index (χ2v) is 21.5. The van der Waals surface area contributed by atoms with Crippen molar-refractivity contribution in [1.29, 1.82) is 0 Å². The van der Waals surface area contributed by atoms with Crippen LogP contribution in [0.2, 0.25) is 0 Å². The van der Waals surface area contributed by atoms with Crippen LogP contribution in [0.5, 0.6) is 5.75 Å². The zero-order chi connectivity index (χ0) is 58.1. The third kappa shape index (κ3) is 18.8. The summed E-state index contributed by atoms with van der Waals surface area (Å²) in [6, 6.07) is -7.91. The SMILES string of the molecule is CCC(C)CC(C)CCCCCCCCC(=O)N[C@H]1C[C@@H](O)[C@@H](O)NC(=O)[C@@H]2[C@@H](O)CCN2C(=O)[C@H]([C@@H](O)CC(N)=O)NC(=O)[C@H]([C@H](O)[C@@H](O)c2ccc(O[P+](=O)[O-])cc2)NC(=O)[C@@H]2C[C@@H](O)CN2C(=O)[C@H]([C@H](C)O)NC1=O. The molecule has 8 amide bonds. The summed E-state index contributed by atoms with van der Waals surface area (Å²) in [6.07, 6.45) is -10.7. The van der Waals surface area contributed by atoms with Crippen LogP contribution in [-0.2, 0) is 42.9 Å². The van der Waals surface area contributed by atoms with Crippen LogP contribution in [0.1, 0.15) is 129 Å². The number of nitrogens with two attached hydrogens (primary N) is 1. The maximum atomic E-state index is 14.4. The lowest BCUT2D eigenvalue weighted by molar-refractivity contribution is -0.178. The number of carbonyl (C=O) groups is 8. The Morgan fingerprint density at radius 2 is 1.37 bits per heavy atom. The number of aliphatic hydroxyl groups is 8. The molecule has 3 unspecified atom stereocenters. The molecule has 0 aromatic heterocycles. The Labute approximate surface area is 453 Å². The molecular formula is C50H79N8O19P. The fourth-order valence-corrected chi connectivity index (χ4v) is 10.2. The van der Waals surface area contributed by atoms with E-state index in [0.717, 1.165) is 74.6 Å². The Hall–Kier alpha value is -5.48. The molecule has 4 rings (SSSR count). The standard InChI is InChI=1S/C50H79N8O19P/c1-5-25(2)20-26(3)12-10-8-6-7-9-11-13-37(65)52-31-22-35(63)46(70)56-48(72)41-33(61)18-19-57(41)50(74)39(34(62)23-36(51)64)54-47(71)40(43(67)42(66)28-14-16-30(17-15-28)77-78(75)76)55-45(69)32-21-29(60)24-58(32)49(73)38(27(4)59)53-44(31)68/h14-17,25-27,29,31-35,38-43,46,59-63,66-67,70H,5-13,18-24H2,1-4H3,(H2,51,64)(H,52,65)(H,53,68)(H,54,71)(H,55,69)(H,56,72)/t25?,26?,27-,29+,31-,32-,33-,34-,35+,38-,39-,40-,41-,42-,43-,46+/m0/s1. The molecular weight excluding hydrogens is 1050 g/mol. The molecule has 3 aliphatic heterocycles. The summed E-state index contributed by atoms with van der Waals surface area (Å²) in [4.78, 5) is 124. The van der Waals surface area contributed by atoms with Gasteiger partial charge in [0.1, 0.15) is 54.6 Å². The molecule has 3 saturated heterocycles. The number of nitrogens with one attached hydrogen (secondary N) is 5. The fraction of sp³-hybridized carbons (Fsp3) is 0.720. The molecule has 15 N–H and O–H groups in total. The third-order valence-electron chi connectivity index (χ3n) is 14.5. The van der Waals surface area contributed by atoms with Crippen LogP contribution in [0, 0.1) is 11.8 Å². The summed E-state index contributed by atoms with van der Waals surface area (Å²) in [5.74, 6) is -8.82. The number of unbranched alkanes of at least 4 members (excludes halogenated alkanes) is 5. The number of primary amides is 1. The van der Waals surface area contributed by atoms with E-state index < -0.39 is 173 Å². The molecule has 27 nitrogen and oxygen atoms in total. The second-order valence-electron chi connectivity index (χ2n) is 20.9. The average molecular weight is 1130 g/mol. The summed E-state index contributed by atoms with van der Waals surface area (Å²) < 4.78 is 15.7. The number of benzene rings is 1.